The van der Waals surface area contributed by atoms with Crippen LogP contribution in [-0.4, -0.2) is 12.1 Å². The number of allylic oxidation sites excluding steroid dienone is 1. The first kappa shape index (κ1) is 15.6. The highest BCUT2D eigenvalue weighted by Crippen LogP contribution is 2.25. The van der Waals surface area contributed by atoms with Gasteiger partial charge < -0.3 is 5.32 Å². The average Bonchev–Trinajstić information content (AvgIpc) is 2.27. The molecule has 0 aromatic heterocycles. The zero-order chi connectivity index (χ0) is 13.6. The Kier molecular flexibility index (Phi) is 6.20. The summed E-state index contributed by atoms with van der Waals surface area (Å²) >= 11 is 12.1. The van der Waals surface area contributed by atoms with Crippen LogP contribution >= 0.6 is 23.2 Å². The quantitative estimate of drug-likeness (QED) is 0.601. The van der Waals surface area contributed by atoms with E-state index in [0.29, 0.717) is 10.0 Å². The van der Waals surface area contributed by atoms with Gasteiger partial charge in [0.05, 0.1) is 10.0 Å². The van der Waals surface area contributed by atoms with E-state index in [1.165, 1.54) is 0 Å². The smallest absolute Gasteiger partial charge is 0.0627 e. The molecule has 100 valence electrons. The maximum absolute atomic E-state index is 6.11. The van der Waals surface area contributed by atoms with E-state index in [1.54, 1.807) is 0 Å². The van der Waals surface area contributed by atoms with Gasteiger partial charge in [-0.15, -0.1) is 0 Å². The molecule has 0 fully saturated rings. The molecule has 3 heteroatoms. The third-order valence-electron chi connectivity index (χ3n) is 2.50. The van der Waals surface area contributed by atoms with E-state index in [0.717, 1.165) is 24.9 Å². The maximum Gasteiger partial charge on any atom is 0.0627 e. The lowest BCUT2D eigenvalue weighted by Crippen LogP contribution is -2.36. The van der Waals surface area contributed by atoms with Gasteiger partial charge in [0.1, 0.15) is 0 Å². The van der Waals surface area contributed by atoms with E-state index < -0.39 is 0 Å². The third-order valence-corrected chi connectivity index (χ3v) is 3.36. The minimum absolute atomic E-state index is 0.185. The molecule has 0 spiro atoms. The Morgan fingerprint density at radius 2 is 1.89 bits per heavy atom. The Labute approximate surface area is 120 Å². The van der Waals surface area contributed by atoms with Crippen LogP contribution in [0.5, 0.6) is 0 Å². The molecule has 0 aliphatic rings. The van der Waals surface area contributed by atoms with Crippen molar-refractivity contribution in [1.82, 2.24) is 5.32 Å². The lowest BCUT2D eigenvalue weighted by atomic mass is 10.1. The van der Waals surface area contributed by atoms with Crippen LogP contribution in [0.3, 0.4) is 0 Å². The minimum atomic E-state index is 0.185. The molecule has 1 aromatic rings. The molecular formula is C15H21Cl2N. The van der Waals surface area contributed by atoms with Gasteiger partial charge in [0.15, 0.2) is 0 Å². The number of benzene rings is 1. The number of hydrogen-bond donors (Lipinski definition) is 1. The predicted octanol–water partition coefficient (Wildman–Crippen LogP) is 4.87. The van der Waals surface area contributed by atoms with Crippen LogP contribution in [0.2, 0.25) is 10.0 Å². The molecule has 0 heterocycles. The fourth-order valence-electron chi connectivity index (χ4n) is 1.56. The van der Waals surface area contributed by atoms with Crippen molar-refractivity contribution in [3.8, 4) is 0 Å². The molecule has 0 saturated carbocycles. The fourth-order valence-corrected chi connectivity index (χ4v) is 1.96. The fraction of sp³-hybridized carbons (Fsp3) is 0.467. The molecule has 0 radical (unpaired) electrons. The molecule has 0 amide bonds. The van der Waals surface area contributed by atoms with E-state index in [2.05, 4.69) is 38.2 Å². The van der Waals surface area contributed by atoms with Crippen molar-refractivity contribution in [3.63, 3.8) is 0 Å². The molecule has 0 saturated heterocycles. The largest absolute Gasteiger partial charge is 0.312 e. The van der Waals surface area contributed by atoms with Crippen molar-refractivity contribution < 1.29 is 0 Å². The number of rotatable bonds is 5. The Morgan fingerprint density at radius 3 is 2.56 bits per heavy atom. The van der Waals surface area contributed by atoms with Crippen molar-refractivity contribution in [2.75, 3.05) is 6.54 Å². The summed E-state index contributed by atoms with van der Waals surface area (Å²) in [5, 5.41) is 4.73. The van der Waals surface area contributed by atoms with Crippen LogP contribution < -0.4 is 5.32 Å². The van der Waals surface area contributed by atoms with Crippen LogP contribution in [0.25, 0.3) is 0 Å². The molecule has 1 N–H and O–H groups in total. The number of nitrogens with one attached hydrogen (secondary N) is 1. The SMILES string of the molecule is CC(C)(C)NCC/C=C/Cc1cccc(Cl)c1Cl. The molecule has 0 aliphatic carbocycles. The van der Waals surface area contributed by atoms with Gasteiger partial charge in [0.25, 0.3) is 0 Å². The second-order valence-electron chi connectivity index (χ2n) is 5.35. The highest BCUT2D eigenvalue weighted by molar-refractivity contribution is 6.42. The van der Waals surface area contributed by atoms with Gasteiger partial charge in [0, 0.05) is 5.54 Å². The van der Waals surface area contributed by atoms with Crippen molar-refractivity contribution >= 4 is 23.2 Å². The second-order valence-corrected chi connectivity index (χ2v) is 6.14. The standard InChI is InChI=1S/C15H21Cl2N/c1-15(2,3)18-11-6-4-5-8-12-9-7-10-13(16)14(12)17/h4-5,7,9-10,18H,6,8,11H2,1-3H3/b5-4+. The highest BCUT2D eigenvalue weighted by Gasteiger charge is 2.06. The van der Waals surface area contributed by atoms with Gasteiger partial charge >= 0.3 is 0 Å². The Morgan fingerprint density at radius 1 is 1.17 bits per heavy atom. The zero-order valence-corrected chi connectivity index (χ0v) is 12.8. The first-order valence-electron chi connectivity index (χ1n) is 6.23. The van der Waals surface area contributed by atoms with Crippen LogP contribution in [0.4, 0.5) is 0 Å². The van der Waals surface area contributed by atoms with E-state index in [9.17, 15) is 0 Å². The van der Waals surface area contributed by atoms with Crippen molar-refractivity contribution in [2.24, 2.45) is 0 Å². The number of halogens is 2. The van der Waals surface area contributed by atoms with Crippen LogP contribution in [0.1, 0.15) is 32.8 Å². The summed E-state index contributed by atoms with van der Waals surface area (Å²) < 4.78 is 0. The summed E-state index contributed by atoms with van der Waals surface area (Å²) in [4.78, 5) is 0. The van der Waals surface area contributed by atoms with Crippen LogP contribution in [0, 0.1) is 0 Å². The predicted molar refractivity (Wildman–Crippen MR) is 81.7 cm³/mol. The van der Waals surface area contributed by atoms with E-state index in [4.69, 9.17) is 23.2 Å². The normalized spacial score (nSPS) is 12.3. The van der Waals surface area contributed by atoms with Gasteiger partial charge in [-0.2, -0.15) is 0 Å². The van der Waals surface area contributed by atoms with Gasteiger partial charge in [-0.25, -0.2) is 0 Å². The summed E-state index contributed by atoms with van der Waals surface area (Å²) in [6, 6.07) is 5.74. The molecule has 18 heavy (non-hydrogen) atoms. The van der Waals surface area contributed by atoms with Crippen LogP contribution in [0.15, 0.2) is 30.4 Å². The average molecular weight is 286 g/mol. The van der Waals surface area contributed by atoms with Crippen molar-refractivity contribution in [3.05, 3.63) is 46.0 Å². The molecule has 0 aliphatic heterocycles. The first-order chi connectivity index (χ1) is 8.40. The summed E-state index contributed by atoms with van der Waals surface area (Å²) in [5.74, 6) is 0. The maximum atomic E-state index is 6.11. The highest BCUT2D eigenvalue weighted by atomic mass is 35.5. The van der Waals surface area contributed by atoms with E-state index in [1.807, 2.05) is 18.2 Å². The Hall–Kier alpha value is -0.500. The van der Waals surface area contributed by atoms with Gasteiger partial charge in [-0.3, -0.25) is 0 Å². The summed E-state index contributed by atoms with van der Waals surface area (Å²) in [6.07, 6.45) is 6.17. The second kappa shape index (κ2) is 7.18. The molecule has 1 aromatic carbocycles. The lowest BCUT2D eigenvalue weighted by molar-refractivity contribution is 0.431. The molecule has 0 atom stereocenters. The minimum Gasteiger partial charge on any atom is -0.312 e. The molecule has 1 nitrogen and oxygen atoms in total. The van der Waals surface area contributed by atoms with Gasteiger partial charge in [-0.05, 0) is 51.8 Å². The van der Waals surface area contributed by atoms with Gasteiger partial charge in [-0.1, -0.05) is 47.5 Å². The molecular weight excluding hydrogens is 265 g/mol. The van der Waals surface area contributed by atoms with Crippen molar-refractivity contribution in [2.45, 2.75) is 39.2 Å². The van der Waals surface area contributed by atoms with Crippen LogP contribution in [-0.2, 0) is 6.42 Å². The third kappa shape index (κ3) is 5.90. The zero-order valence-electron chi connectivity index (χ0n) is 11.3. The monoisotopic (exact) mass is 285 g/mol. The Balaban J connectivity index is 2.35. The van der Waals surface area contributed by atoms with E-state index in [-0.39, 0.29) is 5.54 Å². The number of hydrogen-bond acceptors (Lipinski definition) is 1. The summed E-state index contributed by atoms with van der Waals surface area (Å²) in [5.41, 5.74) is 1.26. The molecule has 1 rings (SSSR count). The first-order valence-corrected chi connectivity index (χ1v) is 6.98. The van der Waals surface area contributed by atoms with Crippen molar-refractivity contribution in [1.29, 1.82) is 0 Å². The van der Waals surface area contributed by atoms with E-state index >= 15 is 0 Å². The molecule has 0 bridgehead atoms. The van der Waals surface area contributed by atoms with Gasteiger partial charge in [0.2, 0.25) is 0 Å². The summed E-state index contributed by atoms with van der Waals surface area (Å²) in [7, 11) is 0. The summed E-state index contributed by atoms with van der Waals surface area (Å²) in [6.45, 7) is 7.50. The molecule has 0 unspecified atom stereocenters. The topological polar surface area (TPSA) is 12.0 Å². The Bertz CT molecular complexity index is 405. The lowest BCUT2D eigenvalue weighted by Gasteiger charge is -2.19.